The molecule has 60 heavy (non-hydrogen) atoms. The fourth-order valence-electron chi connectivity index (χ4n) is 8.53. The quantitative estimate of drug-likeness (QED) is 0.158. The smallest absolute Gasteiger partial charge is 0.164 e. The van der Waals surface area contributed by atoms with E-state index in [2.05, 4.69) is 155 Å². The molecule has 0 radical (unpaired) electrons. The van der Waals surface area contributed by atoms with Crippen LogP contribution in [-0.2, 0) is 0 Å². The van der Waals surface area contributed by atoms with Gasteiger partial charge in [0, 0.05) is 72.8 Å². The molecular weight excluding hydrogens is 735 g/mol. The molecule has 7 aromatic carbocycles. The lowest BCUT2D eigenvalue weighted by Crippen LogP contribution is -2.00. The third kappa shape index (κ3) is 5.56. The van der Waals surface area contributed by atoms with E-state index in [-0.39, 0.29) is 0 Å². The van der Waals surface area contributed by atoms with Crippen LogP contribution in [0.15, 0.2) is 200 Å². The molecule has 7 nitrogen and oxygen atoms in total. The lowest BCUT2D eigenvalue weighted by atomic mass is 10.00. The number of nitrogens with zero attached hydrogens (tertiary/aromatic N) is 7. The van der Waals surface area contributed by atoms with Crippen molar-refractivity contribution in [2.45, 2.75) is 0 Å². The Labute approximate surface area is 344 Å². The predicted octanol–water partition coefficient (Wildman–Crippen LogP) is 12.7. The number of benzene rings is 7. The molecule has 12 aromatic rings. The van der Waals surface area contributed by atoms with Gasteiger partial charge in [-0.1, -0.05) is 140 Å². The summed E-state index contributed by atoms with van der Waals surface area (Å²) < 4.78 is 4.43. The normalized spacial score (nSPS) is 11.7. The Morgan fingerprint density at radius 1 is 0.350 bits per heavy atom. The van der Waals surface area contributed by atoms with Crippen molar-refractivity contribution in [3.05, 3.63) is 200 Å². The summed E-state index contributed by atoms with van der Waals surface area (Å²) in [5.41, 5.74) is 11.8. The van der Waals surface area contributed by atoms with Crippen molar-refractivity contribution in [2.24, 2.45) is 0 Å². The maximum atomic E-state index is 5.23. The zero-order valence-corrected chi connectivity index (χ0v) is 32.2. The summed E-state index contributed by atoms with van der Waals surface area (Å²) in [5, 5.41) is 5.64. The van der Waals surface area contributed by atoms with Gasteiger partial charge in [-0.05, 0) is 48.5 Å². The van der Waals surface area contributed by atoms with Gasteiger partial charge in [0.25, 0.3) is 0 Å². The molecule has 0 saturated heterocycles. The van der Waals surface area contributed by atoms with E-state index in [1.165, 1.54) is 21.8 Å². The minimum atomic E-state index is 0.598. The molecule has 0 atom stereocenters. The second-order valence-electron chi connectivity index (χ2n) is 15.0. The molecule has 0 N–H and O–H groups in total. The molecule has 12 rings (SSSR count). The molecule has 0 bridgehead atoms. The Hall–Kier alpha value is -8.29. The molecule has 0 saturated carbocycles. The van der Waals surface area contributed by atoms with Crippen LogP contribution in [-0.4, -0.2) is 33.9 Å². The highest BCUT2D eigenvalue weighted by Gasteiger charge is 2.18. The fourth-order valence-corrected chi connectivity index (χ4v) is 8.53. The summed E-state index contributed by atoms with van der Waals surface area (Å²) >= 11 is 0. The third-order valence-electron chi connectivity index (χ3n) is 11.4. The molecule has 0 spiro atoms. The summed E-state index contributed by atoms with van der Waals surface area (Å²) in [6, 6.07) is 64.9. The van der Waals surface area contributed by atoms with Crippen LogP contribution in [0.4, 0.5) is 0 Å². The zero-order chi connectivity index (χ0) is 39.6. The first-order chi connectivity index (χ1) is 29.7. The number of hydrogen-bond acceptors (Lipinski definition) is 5. The molecule has 280 valence electrons. The van der Waals surface area contributed by atoms with E-state index in [0.717, 1.165) is 72.2 Å². The fraction of sp³-hybridized carbons (Fsp3) is 0. The van der Waals surface area contributed by atoms with Crippen LogP contribution in [0.3, 0.4) is 0 Å². The third-order valence-corrected chi connectivity index (χ3v) is 11.4. The molecule has 5 heterocycles. The maximum Gasteiger partial charge on any atom is 0.164 e. The monoisotopic (exact) mass is 767 g/mol. The largest absolute Gasteiger partial charge is 0.309 e. The van der Waals surface area contributed by atoms with Crippen LogP contribution in [0.2, 0.25) is 0 Å². The van der Waals surface area contributed by atoms with Gasteiger partial charge in [-0.2, -0.15) is 0 Å². The molecule has 0 aliphatic rings. The van der Waals surface area contributed by atoms with Gasteiger partial charge in [-0.15, -0.1) is 0 Å². The molecule has 5 aromatic heterocycles. The minimum absolute atomic E-state index is 0.598. The van der Waals surface area contributed by atoms with Gasteiger partial charge in [0.2, 0.25) is 0 Å². The molecule has 0 amide bonds. The molecular formula is C53H33N7. The number of aromatic nitrogens is 7. The standard InChI is InChI=1S/C53H33N7/c1-3-13-34(14-4-1)45-33-59-32-31-43-48(53(59)55-45)42-19-7-10-20-44(42)54-49(43)35-23-25-37(26-24-35)51-56-50(36-15-5-2-6-16-36)57-52(58-51)38-27-29-39(30-28-38)60-46-21-11-8-17-40(46)41-18-9-12-22-47(41)60/h1-33H. The number of rotatable bonds is 6. The van der Waals surface area contributed by atoms with E-state index in [1.54, 1.807) is 0 Å². The van der Waals surface area contributed by atoms with Gasteiger partial charge in [-0.25, -0.2) is 24.9 Å². The Balaban J connectivity index is 0.956. The van der Waals surface area contributed by atoms with Crippen LogP contribution < -0.4 is 0 Å². The molecule has 0 fully saturated rings. The highest BCUT2D eigenvalue weighted by Crippen LogP contribution is 2.37. The van der Waals surface area contributed by atoms with Crippen LogP contribution in [0.5, 0.6) is 0 Å². The number of imidazole rings is 1. The first kappa shape index (κ1) is 33.8. The maximum absolute atomic E-state index is 5.23. The van der Waals surface area contributed by atoms with E-state index < -0.39 is 0 Å². The van der Waals surface area contributed by atoms with E-state index >= 15 is 0 Å². The minimum Gasteiger partial charge on any atom is -0.309 e. The highest BCUT2D eigenvalue weighted by molar-refractivity contribution is 6.17. The summed E-state index contributed by atoms with van der Waals surface area (Å²) in [7, 11) is 0. The van der Waals surface area contributed by atoms with Gasteiger partial charge in [0.05, 0.1) is 27.9 Å². The number of para-hydroxylation sites is 3. The predicted molar refractivity (Wildman–Crippen MR) is 243 cm³/mol. The van der Waals surface area contributed by atoms with Crippen molar-refractivity contribution in [1.82, 2.24) is 33.9 Å². The second kappa shape index (κ2) is 13.7. The van der Waals surface area contributed by atoms with Gasteiger partial charge in [0.15, 0.2) is 17.5 Å². The number of fused-ring (bicyclic) bond motifs is 8. The van der Waals surface area contributed by atoms with Gasteiger partial charge < -0.3 is 8.97 Å². The first-order valence-electron chi connectivity index (χ1n) is 20.0. The first-order valence-corrected chi connectivity index (χ1v) is 20.0. The number of pyridine rings is 2. The Bertz CT molecular complexity index is 3520. The zero-order valence-electron chi connectivity index (χ0n) is 32.2. The Kier molecular flexibility index (Phi) is 7.71. The van der Waals surface area contributed by atoms with Crippen molar-refractivity contribution < 1.29 is 0 Å². The van der Waals surface area contributed by atoms with E-state index in [1.807, 2.05) is 54.6 Å². The summed E-state index contributed by atoms with van der Waals surface area (Å²) in [5.74, 6) is 1.82. The average molecular weight is 768 g/mol. The second-order valence-corrected chi connectivity index (χ2v) is 15.0. The summed E-state index contributed by atoms with van der Waals surface area (Å²) in [4.78, 5) is 25.5. The molecule has 0 aliphatic heterocycles. The van der Waals surface area contributed by atoms with E-state index in [0.29, 0.717) is 17.5 Å². The average Bonchev–Trinajstić information content (AvgIpc) is 3.92. The van der Waals surface area contributed by atoms with E-state index in [4.69, 9.17) is 24.9 Å². The number of hydrogen-bond donors (Lipinski definition) is 0. The van der Waals surface area contributed by atoms with Gasteiger partial charge in [0.1, 0.15) is 5.65 Å². The van der Waals surface area contributed by atoms with Gasteiger partial charge >= 0.3 is 0 Å². The van der Waals surface area contributed by atoms with Crippen molar-refractivity contribution in [1.29, 1.82) is 0 Å². The van der Waals surface area contributed by atoms with Crippen LogP contribution in [0.25, 0.3) is 111 Å². The van der Waals surface area contributed by atoms with Crippen molar-refractivity contribution in [3.8, 4) is 62.4 Å². The van der Waals surface area contributed by atoms with E-state index in [9.17, 15) is 0 Å². The van der Waals surface area contributed by atoms with Crippen molar-refractivity contribution in [3.63, 3.8) is 0 Å². The van der Waals surface area contributed by atoms with Gasteiger partial charge in [-0.3, -0.25) is 0 Å². The lowest BCUT2D eigenvalue weighted by molar-refractivity contribution is 1.07. The lowest BCUT2D eigenvalue weighted by Gasteiger charge is -2.12. The summed E-state index contributed by atoms with van der Waals surface area (Å²) in [6.45, 7) is 0. The Morgan fingerprint density at radius 3 is 1.48 bits per heavy atom. The topological polar surface area (TPSA) is 73.8 Å². The molecule has 0 unspecified atom stereocenters. The Morgan fingerprint density at radius 2 is 0.850 bits per heavy atom. The van der Waals surface area contributed by atoms with Crippen LogP contribution in [0.1, 0.15) is 0 Å². The van der Waals surface area contributed by atoms with Crippen LogP contribution >= 0.6 is 0 Å². The van der Waals surface area contributed by atoms with Crippen molar-refractivity contribution >= 4 is 49.1 Å². The molecule has 0 aliphatic carbocycles. The molecule has 7 heteroatoms. The summed E-state index contributed by atoms with van der Waals surface area (Å²) in [6.07, 6.45) is 4.18. The highest BCUT2D eigenvalue weighted by atomic mass is 15.0. The van der Waals surface area contributed by atoms with Crippen LogP contribution in [0, 0.1) is 0 Å². The SMILES string of the molecule is c1ccc(-c2cn3ccc4c(-c5ccc(-c6nc(-c7ccccc7)nc(-c7ccc(-n8c9ccccc9c9ccccc98)cc7)n6)cc5)nc5ccccc5c4c3n2)cc1. The van der Waals surface area contributed by atoms with Crippen molar-refractivity contribution in [2.75, 3.05) is 0 Å².